The quantitative estimate of drug-likeness (QED) is 0.785. The van der Waals surface area contributed by atoms with Crippen LogP contribution >= 0.6 is 0 Å². The first-order chi connectivity index (χ1) is 7.25. The van der Waals surface area contributed by atoms with Crippen molar-refractivity contribution in [1.82, 2.24) is 9.97 Å². The summed E-state index contributed by atoms with van der Waals surface area (Å²) in [5.74, 6) is 1.27. The van der Waals surface area contributed by atoms with Crippen molar-refractivity contribution >= 4 is 17.5 Å². The summed E-state index contributed by atoms with van der Waals surface area (Å²) in [5, 5.41) is 2.59. The van der Waals surface area contributed by atoms with E-state index in [0.717, 1.165) is 18.9 Å². The van der Waals surface area contributed by atoms with Crippen LogP contribution in [0.15, 0.2) is 12.4 Å². The minimum absolute atomic E-state index is 0.127. The Kier molecular flexibility index (Phi) is 2.80. The lowest BCUT2D eigenvalue weighted by atomic mass is 10.4. The fraction of sp³-hybridized carbons (Fsp3) is 0.500. The lowest BCUT2D eigenvalue weighted by Crippen LogP contribution is -2.19. The van der Waals surface area contributed by atoms with Crippen molar-refractivity contribution in [3.8, 4) is 0 Å². The molecule has 0 radical (unpaired) electrons. The maximum Gasteiger partial charge on any atom is 0.222 e. The standard InChI is InChI=1S/C10H14N4O/c1-8(15)13-9-6-12-10(7-11-9)14-4-2-3-5-14/h6-7H,2-5H2,1H3,(H,11,13,15). The molecule has 5 heteroatoms. The minimum Gasteiger partial charge on any atom is -0.355 e. The minimum atomic E-state index is -0.127. The van der Waals surface area contributed by atoms with E-state index in [4.69, 9.17) is 0 Å². The summed E-state index contributed by atoms with van der Waals surface area (Å²) in [7, 11) is 0. The highest BCUT2D eigenvalue weighted by atomic mass is 16.1. The van der Waals surface area contributed by atoms with E-state index in [9.17, 15) is 4.79 Å². The van der Waals surface area contributed by atoms with Crippen LogP contribution in [0.1, 0.15) is 19.8 Å². The fourth-order valence-electron chi connectivity index (χ4n) is 1.68. The molecule has 0 aromatic carbocycles. The molecular formula is C10H14N4O. The van der Waals surface area contributed by atoms with E-state index >= 15 is 0 Å². The van der Waals surface area contributed by atoms with E-state index in [0.29, 0.717) is 5.82 Å². The topological polar surface area (TPSA) is 58.1 Å². The van der Waals surface area contributed by atoms with Crippen molar-refractivity contribution < 1.29 is 4.79 Å². The van der Waals surface area contributed by atoms with Crippen molar-refractivity contribution in [3.63, 3.8) is 0 Å². The van der Waals surface area contributed by atoms with Gasteiger partial charge in [-0.2, -0.15) is 0 Å². The first-order valence-electron chi connectivity index (χ1n) is 5.10. The predicted octanol–water partition coefficient (Wildman–Crippen LogP) is 1.04. The van der Waals surface area contributed by atoms with Gasteiger partial charge in [-0.05, 0) is 12.8 Å². The summed E-state index contributed by atoms with van der Waals surface area (Å²) in [6, 6.07) is 0. The second kappa shape index (κ2) is 4.25. The van der Waals surface area contributed by atoms with Crippen LogP contribution in [0.2, 0.25) is 0 Å². The molecular weight excluding hydrogens is 192 g/mol. The zero-order valence-electron chi connectivity index (χ0n) is 8.73. The Labute approximate surface area is 88.5 Å². The fourth-order valence-corrected chi connectivity index (χ4v) is 1.68. The Hall–Kier alpha value is -1.65. The molecule has 1 N–H and O–H groups in total. The largest absolute Gasteiger partial charge is 0.355 e. The molecule has 5 nitrogen and oxygen atoms in total. The molecule has 0 saturated carbocycles. The van der Waals surface area contributed by atoms with Crippen molar-refractivity contribution in [2.45, 2.75) is 19.8 Å². The van der Waals surface area contributed by atoms with Crippen molar-refractivity contribution in [2.24, 2.45) is 0 Å². The van der Waals surface area contributed by atoms with Gasteiger partial charge < -0.3 is 10.2 Å². The molecule has 1 saturated heterocycles. The summed E-state index contributed by atoms with van der Waals surface area (Å²) in [6.45, 7) is 3.55. The molecule has 0 bridgehead atoms. The van der Waals surface area contributed by atoms with Crippen molar-refractivity contribution in [1.29, 1.82) is 0 Å². The summed E-state index contributed by atoms with van der Waals surface area (Å²) in [4.78, 5) is 21.4. The van der Waals surface area contributed by atoms with Gasteiger partial charge in [-0.1, -0.05) is 0 Å². The number of nitrogens with zero attached hydrogens (tertiary/aromatic N) is 3. The van der Waals surface area contributed by atoms with Crippen LogP contribution in [0.25, 0.3) is 0 Å². The normalized spacial score (nSPS) is 15.4. The molecule has 1 aromatic heterocycles. The highest BCUT2D eigenvalue weighted by molar-refractivity contribution is 5.87. The van der Waals surface area contributed by atoms with E-state index in [1.54, 1.807) is 12.4 Å². The van der Waals surface area contributed by atoms with E-state index in [-0.39, 0.29) is 5.91 Å². The van der Waals surface area contributed by atoms with Crippen LogP contribution < -0.4 is 10.2 Å². The van der Waals surface area contributed by atoms with E-state index in [1.165, 1.54) is 19.8 Å². The molecule has 0 atom stereocenters. The molecule has 1 fully saturated rings. The second-order valence-corrected chi connectivity index (χ2v) is 3.64. The average Bonchev–Trinajstić information content (AvgIpc) is 2.71. The average molecular weight is 206 g/mol. The van der Waals surface area contributed by atoms with Crippen molar-refractivity contribution in [3.05, 3.63) is 12.4 Å². The summed E-state index contributed by atoms with van der Waals surface area (Å²) in [5.41, 5.74) is 0. The third kappa shape index (κ3) is 2.43. The van der Waals surface area contributed by atoms with Gasteiger partial charge in [-0.15, -0.1) is 0 Å². The van der Waals surface area contributed by atoms with E-state index < -0.39 is 0 Å². The molecule has 0 unspecified atom stereocenters. The first kappa shape index (κ1) is 9.89. The van der Waals surface area contributed by atoms with Gasteiger partial charge in [0.2, 0.25) is 5.91 Å². The van der Waals surface area contributed by atoms with Gasteiger partial charge in [-0.3, -0.25) is 4.79 Å². The van der Waals surface area contributed by atoms with Crippen LogP contribution in [0.5, 0.6) is 0 Å². The zero-order chi connectivity index (χ0) is 10.7. The smallest absolute Gasteiger partial charge is 0.222 e. The maximum atomic E-state index is 10.8. The highest BCUT2D eigenvalue weighted by Gasteiger charge is 2.13. The molecule has 0 spiro atoms. The van der Waals surface area contributed by atoms with Gasteiger partial charge in [0.1, 0.15) is 5.82 Å². The van der Waals surface area contributed by atoms with Crippen molar-refractivity contribution in [2.75, 3.05) is 23.3 Å². The number of hydrogen-bond donors (Lipinski definition) is 1. The molecule has 15 heavy (non-hydrogen) atoms. The molecule has 1 amide bonds. The van der Waals surface area contributed by atoms with E-state index in [1.807, 2.05) is 0 Å². The molecule has 0 aliphatic carbocycles. The third-order valence-electron chi connectivity index (χ3n) is 2.37. The number of carbonyl (C=O) groups excluding carboxylic acids is 1. The molecule has 1 aliphatic rings. The number of amides is 1. The lowest BCUT2D eigenvalue weighted by Gasteiger charge is -2.15. The van der Waals surface area contributed by atoms with Crippen LogP contribution in [0.4, 0.5) is 11.6 Å². The van der Waals surface area contributed by atoms with Crippen LogP contribution in [0, 0.1) is 0 Å². The second-order valence-electron chi connectivity index (χ2n) is 3.64. The van der Waals surface area contributed by atoms with Crippen LogP contribution in [0.3, 0.4) is 0 Å². The highest BCUT2D eigenvalue weighted by Crippen LogP contribution is 2.16. The molecule has 2 heterocycles. The molecule has 1 aliphatic heterocycles. The van der Waals surface area contributed by atoms with Crippen LogP contribution in [-0.2, 0) is 4.79 Å². The SMILES string of the molecule is CC(=O)Nc1cnc(N2CCCC2)cn1. The van der Waals surface area contributed by atoms with Gasteiger partial charge in [0, 0.05) is 20.0 Å². The van der Waals surface area contributed by atoms with Gasteiger partial charge in [0.15, 0.2) is 5.82 Å². The van der Waals surface area contributed by atoms with Gasteiger partial charge in [0.05, 0.1) is 12.4 Å². The van der Waals surface area contributed by atoms with Gasteiger partial charge in [0.25, 0.3) is 0 Å². The Balaban J connectivity index is 2.06. The summed E-state index contributed by atoms with van der Waals surface area (Å²) < 4.78 is 0. The Morgan fingerprint density at radius 2 is 2.07 bits per heavy atom. The predicted molar refractivity (Wildman–Crippen MR) is 57.8 cm³/mol. The summed E-state index contributed by atoms with van der Waals surface area (Å²) in [6.07, 6.45) is 5.73. The number of hydrogen-bond acceptors (Lipinski definition) is 4. The van der Waals surface area contributed by atoms with E-state index in [2.05, 4.69) is 20.2 Å². The first-order valence-corrected chi connectivity index (χ1v) is 5.10. The van der Waals surface area contributed by atoms with Gasteiger partial charge in [-0.25, -0.2) is 9.97 Å². The Morgan fingerprint density at radius 3 is 2.60 bits per heavy atom. The molecule has 80 valence electrons. The van der Waals surface area contributed by atoms with Crippen LogP contribution in [-0.4, -0.2) is 29.0 Å². The van der Waals surface area contributed by atoms with Gasteiger partial charge >= 0.3 is 0 Å². The summed E-state index contributed by atoms with van der Waals surface area (Å²) >= 11 is 0. The monoisotopic (exact) mass is 206 g/mol. The molecule has 1 aromatic rings. The number of anilines is 2. The lowest BCUT2D eigenvalue weighted by molar-refractivity contribution is -0.114. The number of rotatable bonds is 2. The maximum absolute atomic E-state index is 10.8. The molecule has 2 rings (SSSR count). The number of aromatic nitrogens is 2. The Morgan fingerprint density at radius 1 is 1.33 bits per heavy atom. The number of carbonyl (C=O) groups is 1. The number of nitrogens with one attached hydrogen (secondary N) is 1. The Bertz CT molecular complexity index is 343. The zero-order valence-corrected chi connectivity index (χ0v) is 8.73. The third-order valence-corrected chi connectivity index (χ3v) is 2.37.